The molecular formula is C22H43N. The second kappa shape index (κ2) is 11.9. The molecule has 0 amide bonds. The number of hydrogen-bond donors (Lipinski definition) is 1. The van der Waals surface area contributed by atoms with Crippen LogP contribution in [-0.4, -0.2) is 0 Å². The Balaban J connectivity index is 0.00000155. The summed E-state index contributed by atoms with van der Waals surface area (Å²) in [5.41, 5.74) is 1.75. The molecule has 1 nitrogen and oxygen atoms in total. The van der Waals surface area contributed by atoms with Gasteiger partial charge in [-0.25, -0.2) is 0 Å². The van der Waals surface area contributed by atoms with Gasteiger partial charge < -0.3 is 6.15 Å². The Kier molecular flexibility index (Phi) is 11.6. The van der Waals surface area contributed by atoms with E-state index in [-0.39, 0.29) is 6.15 Å². The maximum absolute atomic E-state index is 2.59. The van der Waals surface area contributed by atoms with Gasteiger partial charge in [-0.2, -0.15) is 0 Å². The highest BCUT2D eigenvalue weighted by Crippen LogP contribution is 2.39. The van der Waals surface area contributed by atoms with Crippen LogP contribution in [0.25, 0.3) is 0 Å². The van der Waals surface area contributed by atoms with E-state index in [0.29, 0.717) is 0 Å². The topological polar surface area (TPSA) is 35.0 Å². The van der Waals surface area contributed by atoms with Crippen molar-refractivity contribution in [3.8, 4) is 0 Å². The number of allylic oxidation sites excluding steroid dienone is 4. The van der Waals surface area contributed by atoms with E-state index < -0.39 is 0 Å². The molecule has 5 atom stereocenters. The van der Waals surface area contributed by atoms with Gasteiger partial charge in [-0.15, -0.1) is 0 Å². The van der Waals surface area contributed by atoms with E-state index in [1.54, 1.807) is 5.57 Å². The van der Waals surface area contributed by atoms with E-state index >= 15 is 0 Å². The molecule has 0 aromatic rings. The van der Waals surface area contributed by atoms with Gasteiger partial charge in [-0.05, 0) is 62.2 Å². The fourth-order valence-electron chi connectivity index (χ4n) is 4.39. The Bertz CT molecular complexity index is 355. The van der Waals surface area contributed by atoms with Gasteiger partial charge in [0, 0.05) is 0 Å². The van der Waals surface area contributed by atoms with Gasteiger partial charge in [-0.3, -0.25) is 0 Å². The summed E-state index contributed by atoms with van der Waals surface area (Å²) in [5.74, 6) is 4.42. The van der Waals surface area contributed by atoms with Crippen molar-refractivity contribution in [1.29, 1.82) is 0 Å². The van der Waals surface area contributed by atoms with E-state index in [2.05, 4.69) is 45.9 Å². The Labute approximate surface area is 146 Å². The third-order valence-corrected chi connectivity index (χ3v) is 6.12. The fraction of sp³-hybridized carbons (Fsp3) is 0.818. The average Bonchev–Trinajstić information content (AvgIpc) is 2.53. The molecule has 0 spiro atoms. The molecule has 2 rings (SSSR count). The quantitative estimate of drug-likeness (QED) is 0.532. The monoisotopic (exact) mass is 321 g/mol. The van der Waals surface area contributed by atoms with E-state index in [1.807, 2.05) is 13.8 Å². The van der Waals surface area contributed by atoms with Crippen LogP contribution < -0.4 is 6.15 Å². The van der Waals surface area contributed by atoms with Gasteiger partial charge in [0.15, 0.2) is 0 Å². The zero-order valence-electron chi connectivity index (χ0n) is 16.8. The minimum atomic E-state index is 0. The molecule has 0 heterocycles. The average molecular weight is 322 g/mol. The molecule has 1 fully saturated rings. The Morgan fingerprint density at radius 1 is 1.09 bits per heavy atom. The van der Waals surface area contributed by atoms with Gasteiger partial charge in [-0.1, -0.05) is 77.7 Å². The van der Waals surface area contributed by atoms with Crippen LogP contribution in [-0.2, 0) is 0 Å². The van der Waals surface area contributed by atoms with Crippen LogP contribution in [0.5, 0.6) is 0 Å². The lowest BCUT2D eigenvalue weighted by Gasteiger charge is -2.35. The van der Waals surface area contributed by atoms with Crippen LogP contribution in [0.1, 0.15) is 86.5 Å². The van der Waals surface area contributed by atoms with Crippen molar-refractivity contribution in [2.75, 3.05) is 0 Å². The molecule has 2 aliphatic carbocycles. The van der Waals surface area contributed by atoms with Crippen molar-refractivity contribution < 1.29 is 0 Å². The highest BCUT2D eigenvalue weighted by atomic mass is 14.3. The molecule has 1 saturated carbocycles. The molecule has 0 aromatic heterocycles. The molecule has 0 bridgehead atoms. The lowest BCUT2D eigenvalue weighted by Crippen LogP contribution is -2.24. The second-order valence-electron chi connectivity index (χ2n) is 7.48. The molecule has 136 valence electrons. The van der Waals surface area contributed by atoms with Crippen molar-refractivity contribution in [3.63, 3.8) is 0 Å². The van der Waals surface area contributed by atoms with E-state index in [0.717, 1.165) is 29.6 Å². The van der Waals surface area contributed by atoms with Crippen LogP contribution in [0.4, 0.5) is 0 Å². The standard InChI is InChI=1S/C20H34.C2H6.H3N/c1-5-7-19-12-10-18(14-16(19)3)11-13-20-9-6-8-15(2)17(20)4;1-2;/h5,7,14-17,19-20H,6,8-13H2,1-4H3;1-2H3;1H3/b7-5-;;/t15-,16?,17?,19-,20-;;/m1../s1. The molecule has 0 radical (unpaired) electrons. The zero-order valence-corrected chi connectivity index (χ0v) is 16.8. The normalized spacial score (nSPS) is 34.2. The Hall–Kier alpha value is -0.560. The molecule has 3 N–H and O–H groups in total. The Morgan fingerprint density at radius 3 is 2.39 bits per heavy atom. The lowest BCUT2D eigenvalue weighted by molar-refractivity contribution is 0.172. The highest BCUT2D eigenvalue weighted by Gasteiger charge is 2.27. The first-order valence-electron chi connectivity index (χ1n) is 9.94. The van der Waals surface area contributed by atoms with Gasteiger partial charge >= 0.3 is 0 Å². The van der Waals surface area contributed by atoms with Crippen LogP contribution >= 0.6 is 0 Å². The van der Waals surface area contributed by atoms with Crippen molar-refractivity contribution >= 4 is 0 Å². The largest absolute Gasteiger partial charge is 0.344 e. The van der Waals surface area contributed by atoms with E-state index in [4.69, 9.17) is 0 Å². The van der Waals surface area contributed by atoms with Crippen LogP contribution in [0.15, 0.2) is 23.8 Å². The first-order chi connectivity index (χ1) is 10.6. The molecule has 0 saturated heterocycles. The molecule has 2 aliphatic rings. The minimum absolute atomic E-state index is 0. The van der Waals surface area contributed by atoms with Crippen molar-refractivity contribution in [3.05, 3.63) is 23.8 Å². The molecule has 1 heteroatoms. The number of hydrogen-bond acceptors (Lipinski definition) is 1. The zero-order chi connectivity index (χ0) is 16.5. The van der Waals surface area contributed by atoms with E-state index in [1.165, 1.54) is 44.9 Å². The summed E-state index contributed by atoms with van der Waals surface area (Å²) in [6, 6.07) is 0. The van der Waals surface area contributed by atoms with Crippen LogP contribution in [0.3, 0.4) is 0 Å². The fourth-order valence-corrected chi connectivity index (χ4v) is 4.39. The van der Waals surface area contributed by atoms with Gasteiger partial charge in [0.05, 0.1) is 0 Å². The SMILES string of the molecule is C/C=C\[C@@H]1CCC(CC[C@H]2CCC[C@@H](C)C2C)=CC1C.CC.N. The van der Waals surface area contributed by atoms with Gasteiger partial charge in [0.1, 0.15) is 0 Å². The van der Waals surface area contributed by atoms with E-state index in [9.17, 15) is 0 Å². The molecule has 0 aliphatic heterocycles. The number of rotatable bonds is 4. The first-order valence-corrected chi connectivity index (χ1v) is 9.94. The second-order valence-corrected chi connectivity index (χ2v) is 7.48. The summed E-state index contributed by atoms with van der Waals surface area (Å²) in [4.78, 5) is 0. The van der Waals surface area contributed by atoms with Crippen LogP contribution in [0.2, 0.25) is 0 Å². The summed E-state index contributed by atoms with van der Waals surface area (Å²) in [6.45, 7) is 13.5. The maximum atomic E-state index is 2.59. The third-order valence-electron chi connectivity index (χ3n) is 6.12. The maximum Gasteiger partial charge on any atom is -0.0170 e. The summed E-state index contributed by atoms with van der Waals surface area (Å²) in [7, 11) is 0. The molecular weight excluding hydrogens is 278 g/mol. The predicted molar refractivity (Wildman–Crippen MR) is 106 cm³/mol. The van der Waals surface area contributed by atoms with Crippen molar-refractivity contribution in [2.24, 2.45) is 29.6 Å². The summed E-state index contributed by atoms with van der Waals surface area (Å²) in [5, 5.41) is 0. The summed E-state index contributed by atoms with van der Waals surface area (Å²) in [6.07, 6.45) is 17.2. The van der Waals surface area contributed by atoms with Crippen LogP contribution in [0, 0.1) is 29.6 Å². The van der Waals surface area contributed by atoms with Crippen molar-refractivity contribution in [2.45, 2.75) is 86.5 Å². The Morgan fingerprint density at radius 2 is 1.78 bits per heavy atom. The lowest BCUT2D eigenvalue weighted by atomic mass is 9.71. The minimum Gasteiger partial charge on any atom is -0.344 e. The summed E-state index contributed by atoms with van der Waals surface area (Å²) < 4.78 is 0. The predicted octanol–water partition coefficient (Wildman–Crippen LogP) is 7.58. The van der Waals surface area contributed by atoms with Gasteiger partial charge in [0.25, 0.3) is 0 Å². The first kappa shape index (κ1) is 22.4. The van der Waals surface area contributed by atoms with Gasteiger partial charge in [0.2, 0.25) is 0 Å². The molecule has 2 unspecified atom stereocenters. The third kappa shape index (κ3) is 6.83. The smallest absolute Gasteiger partial charge is 0.0170 e. The molecule has 23 heavy (non-hydrogen) atoms. The van der Waals surface area contributed by atoms with Crippen molar-refractivity contribution in [1.82, 2.24) is 6.15 Å². The molecule has 0 aromatic carbocycles. The summed E-state index contributed by atoms with van der Waals surface area (Å²) >= 11 is 0. The highest BCUT2D eigenvalue weighted by molar-refractivity contribution is 5.12.